The number of ether oxygens (including phenoxy) is 1. The third-order valence-corrected chi connectivity index (χ3v) is 3.92. The van der Waals surface area contributed by atoms with E-state index in [4.69, 9.17) is 10.5 Å². The smallest absolute Gasteiger partial charge is 0.142 e. The quantitative estimate of drug-likeness (QED) is 0.775. The van der Waals surface area contributed by atoms with Crippen molar-refractivity contribution in [1.29, 1.82) is 0 Å². The van der Waals surface area contributed by atoms with Gasteiger partial charge >= 0.3 is 0 Å². The molecule has 1 aliphatic heterocycles. The van der Waals surface area contributed by atoms with Crippen molar-refractivity contribution in [2.24, 2.45) is 0 Å². The first-order valence-corrected chi connectivity index (χ1v) is 8.03. The van der Waals surface area contributed by atoms with Crippen molar-refractivity contribution in [2.75, 3.05) is 32.0 Å². The summed E-state index contributed by atoms with van der Waals surface area (Å²) < 4.78 is 5.61. The van der Waals surface area contributed by atoms with E-state index in [-0.39, 0.29) is 0 Å². The first kappa shape index (κ1) is 15.2. The molecular weight excluding hydrogens is 248 g/mol. The van der Waals surface area contributed by atoms with Gasteiger partial charge < -0.3 is 15.4 Å². The zero-order valence-electron chi connectivity index (χ0n) is 12.7. The van der Waals surface area contributed by atoms with Gasteiger partial charge in [0, 0.05) is 0 Å². The molecule has 0 saturated carbocycles. The lowest BCUT2D eigenvalue weighted by Crippen LogP contribution is -2.30. The average molecular weight is 276 g/mol. The maximum absolute atomic E-state index is 6.04. The minimum absolute atomic E-state index is 0.735. The maximum atomic E-state index is 6.04. The van der Waals surface area contributed by atoms with E-state index in [1.54, 1.807) is 0 Å². The molecule has 1 aromatic carbocycles. The zero-order chi connectivity index (χ0) is 14.2. The lowest BCUT2D eigenvalue weighted by Gasteiger charge is -2.26. The number of hydrogen-bond acceptors (Lipinski definition) is 3. The number of hydrogen-bond donors (Lipinski definition) is 1. The highest BCUT2D eigenvalue weighted by Gasteiger charge is 2.09. The normalized spacial score (nSPS) is 16.2. The van der Waals surface area contributed by atoms with E-state index in [1.807, 2.05) is 6.07 Å². The third kappa shape index (κ3) is 4.71. The molecule has 0 aliphatic carbocycles. The molecule has 112 valence electrons. The number of nitrogens with zero attached hydrogens (tertiary/aromatic N) is 1. The monoisotopic (exact) mass is 276 g/mol. The number of aryl methyl sites for hydroxylation is 1. The molecular formula is C17H28N2O. The van der Waals surface area contributed by atoms with Gasteiger partial charge in [0.15, 0.2) is 0 Å². The van der Waals surface area contributed by atoms with Crippen LogP contribution in [0.5, 0.6) is 5.75 Å². The molecule has 0 spiro atoms. The van der Waals surface area contributed by atoms with E-state index in [9.17, 15) is 0 Å². The molecule has 1 saturated heterocycles. The molecule has 1 aromatic rings. The van der Waals surface area contributed by atoms with Crippen molar-refractivity contribution in [1.82, 2.24) is 4.90 Å². The number of piperidine rings is 1. The molecule has 0 amide bonds. The summed E-state index contributed by atoms with van der Waals surface area (Å²) >= 11 is 0. The first-order chi connectivity index (χ1) is 9.79. The van der Waals surface area contributed by atoms with Gasteiger partial charge in [-0.2, -0.15) is 0 Å². The van der Waals surface area contributed by atoms with Gasteiger partial charge in [0.25, 0.3) is 0 Å². The van der Waals surface area contributed by atoms with E-state index < -0.39 is 0 Å². The molecule has 0 atom stereocenters. The lowest BCUT2D eigenvalue weighted by atomic mass is 10.1. The number of benzene rings is 1. The lowest BCUT2D eigenvalue weighted by molar-refractivity contribution is 0.226. The molecule has 20 heavy (non-hydrogen) atoms. The Hall–Kier alpha value is -1.22. The molecule has 0 unspecified atom stereocenters. The highest BCUT2D eigenvalue weighted by Crippen LogP contribution is 2.23. The minimum Gasteiger partial charge on any atom is -0.491 e. The molecule has 0 aromatic heterocycles. The van der Waals surface area contributed by atoms with E-state index in [1.165, 1.54) is 50.9 Å². The van der Waals surface area contributed by atoms with Gasteiger partial charge in [0.1, 0.15) is 5.75 Å². The van der Waals surface area contributed by atoms with Crippen molar-refractivity contribution in [2.45, 2.75) is 45.4 Å². The van der Waals surface area contributed by atoms with Crippen molar-refractivity contribution in [3.63, 3.8) is 0 Å². The molecule has 0 radical (unpaired) electrons. The number of rotatable bonds is 7. The van der Waals surface area contributed by atoms with Crippen LogP contribution >= 0.6 is 0 Å². The van der Waals surface area contributed by atoms with Crippen LogP contribution in [0.4, 0.5) is 5.69 Å². The van der Waals surface area contributed by atoms with E-state index in [2.05, 4.69) is 24.0 Å². The second-order valence-corrected chi connectivity index (χ2v) is 5.73. The minimum atomic E-state index is 0.735. The van der Waals surface area contributed by atoms with E-state index >= 15 is 0 Å². The van der Waals surface area contributed by atoms with Gasteiger partial charge in [-0.25, -0.2) is 0 Å². The Morgan fingerprint density at radius 3 is 2.70 bits per heavy atom. The van der Waals surface area contributed by atoms with Gasteiger partial charge in [-0.1, -0.05) is 19.4 Å². The summed E-state index contributed by atoms with van der Waals surface area (Å²) in [7, 11) is 0. The Labute approximate surface area is 123 Å². The summed E-state index contributed by atoms with van der Waals surface area (Å²) in [6.07, 6.45) is 7.49. The first-order valence-electron chi connectivity index (χ1n) is 8.03. The summed E-state index contributed by atoms with van der Waals surface area (Å²) in [5, 5.41) is 0. The Morgan fingerprint density at radius 1 is 1.20 bits per heavy atom. The van der Waals surface area contributed by atoms with Crippen LogP contribution in [0.25, 0.3) is 0 Å². The van der Waals surface area contributed by atoms with Crippen LogP contribution in [0.3, 0.4) is 0 Å². The zero-order valence-corrected chi connectivity index (χ0v) is 12.7. The molecule has 1 fully saturated rings. The predicted octanol–water partition coefficient (Wildman–Crippen LogP) is 3.48. The van der Waals surface area contributed by atoms with Gasteiger partial charge in [0.2, 0.25) is 0 Å². The summed E-state index contributed by atoms with van der Waals surface area (Å²) in [5.74, 6) is 0.826. The van der Waals surface area contributed by atoms with Crippen molar-refractivity contribution in [3.8, 4) is 5.75 Å². The summed E-state index contributed by atoms with van der Waals surface area (Å²) in [4.78, 5) is 2.59. The molecule has 0 bridgehead atoms. The number of anilines is 1. The molecule has 3 nitrogen and oxygen atoms in total. The van der Waals surface area contributed by atoms with Crippen molar-refractivity contribution < 1.29 is 4.74 Å². The Morgan fingerprint density at radius 2 is 2.00 bits per heavy atom. The topological polar surface area (TPSA) is 38.5 Å². The van der Waals surface area contributed by atoms with Crippen LogP contribution in [0.1, 0.15) is 44.6 Å². The van der Waals surface area contributed by atoms with Crippen LogP contribution < -0.4 is 10.5 Å². The molecule has 2 rings (SSSR count). The van der Waals surface area contributed by atoms with Crippen LogP contribution in [-0.2, 0) is 6.42 Å². The molecule has 2 N–H and O–H groups in total. The number of nitrogens with two attached hydrogens (primary N) is 1. The average Bonchev–Trinajstić information content (AvgIpc) is 2.47. The summed E-state index contributed by atoms with van der Waals surface area (Å²) in [6.45, 7) is 6.62. The van der Waals surface area contributed by atoms with Crippen LogP contribution in [0.15, 0.2) is 18.2 Å². The van der Waals surface area contributed by atoms with Crippen LogP contribution in [0, 0.1) is 0 Å². The predicted molar refractivity (Wildman–Crippen MR) is 85.3 cm³/mol. The van der Waals surface area contributed by atoms with Gasteiger partial charge in [-0.05, 0) is 69.4 Å². The molecule has 1 heterocycles. The Kier molecular flexibility index (Phi) is 6.19. The summed E-state index contributed by atoms with van der Waals surface area (Å²) in [6, 6.07) is 6.24. The standard InChI is InChI=1S/C17H28N2O/c1-2-13-20-17-9-8-15(14-16(17)18)7-6-12-19-10-4-3-5-11-19/h8-9,14H,2-7,10-13,18H2,1H3. The Bertz CT molecular complexity index is 400. The highest BCUT2D eigenvalue weighted by molar-refractivity contribution is 5.54. The van der Waals surface area contributed by atoms with Gasteiger partial charge in [0.05, 0.1) is 12.3 Å². The highest BCUT2D eigenvalue weighted by atomic mass is 16.5. The van der Waals surface area contributed by atoms with E-state index in [0.717, 1.165) is 30.9 Å². The molecule has 1 aliphatic rings. The molecule has 3 heteroatoms. The maximum Gasteiger partial charge on any atom is 0.142 e. The summed E-state index contributed by atoms with van der Waals surface area (Å²) in [5.41, 5.74) is 8.14. The third-order valence-electron chi connectivity index (χ3n) is 3.92. The fourth-order valence-electron chi connectivity index (χ4n) is 2.79. The number of likely N-dealkylation sites (tertiary alicyclic amines) is 1. The fraction of sp³-hybridized carbons (Fsp3) is 0.647. The second-order valence-electron chi connectivity index (χ2n) is 5.73. The second kappa shape index (κ2) is 8.15. The Balaban J connectivity index is 1.76. The van der Waals surface area contributed by atoms with Gasteiger partial charge in [-0.15, -0.1) is 0 Å². The fourth-order valence-corrected chi connectivity index (χ4v) is 2.79. The van der Waals surface area contributed by atoms with Crippen molar-refractivity contribution >= 4 is 5.69 Å². The van der Waals surface area contributed by atoms with Crippen LogP contribution in [0.2, 0.25) is 0 Å². The SMILES string of the molecule is CCCOc1ccc(CCCN2CCCCC2)cc1N. The largest absolute Gasteiger partial charge is 0.491 e. The van der Waals surface area contributed by atoms with Crippen molar-refractivity contribution in [3.05, 3.63) is 23.8 Å². The van der Waals surface area contributed by atoms with E-state index in [0.29, 0.717) is 0 Å². The van der Waals surface area contributed by atoms with Gasteiger partial charge in [-0.3, -0.25) is 0 Å². The number of nitrogen functional groups attached to an aromatic ring is 1. The van der Waals surface area contributed by atoms with Crippen LogP contribution in [-0.4, -0.2) is 31.1 Å².